The number of hydrogen-bond acceptors (Lipinski definition) is 5. The van der Waals surface area contributed by atoms with Crippen LogP contribution in [0, 0.1) is 6.92 Å². The number of rotatable bonds is 3. The second kappa shape index (κ2) is 4.84. The molecule has 0 amide bonds. The molecule has 6 nitrogen and oxygen atoms in total. The van der Waals surface area contributed by atoms with E-state index in [1.54, 1.807) is 6.92 Å². The summed E-state index contributed by atoms with van der Waals surface area (Å²) in [5.74, 6) is -0.366. The smallest absolute Gasteiger partial charge is 0.338 e. The Morgan fingerprint density at radius 3 is 2.94 bits per heavy atom. The maximum Gasteiger partial charge on any atom is 0.338 e. The van der Waals surface area contributed by atoms with Gasteiger partial charge in [-0.2, -0.15) is 0 Å². The lowest BCUT2D eigenvalue weighted by molar-refractivity contribution is 0.0692. The quantitative estimate of drug-likeness (QED) is 0.901. The van der Waals surface area contributed by atoms with Crippen LogP contribution < -0.4 is 0 Å². The van der Waals surface area contributed by atoms with E-state index in [2.05, 4.69) is 36.1 Å². The summed E-state index contributed by atoms with van der Waals surface area (Å²) in [6, 6.07) is 1.50. The molecule has 0 fully saturated rings. The summed E-state index contributed by atoms with van der Waals surface area (Å²) in [6.07, 6.45) is 1.54. The Morgan fingerprint density at radius 1 is 1.59 bits per heavy atom. The van der Waals surface area contributed by atoms with Gasteiger partial charge in [-0.3, -0.25) is 5.10 Å². The zero-order valence-electron chi connectivity index (χ0n) is 8.64. The van der Waals surface area contributed by atoms with Gasteiger partial charge in [-0.1, -0.05) is 0 Å². The molecule has 2 N–H and O–H groups in total. The van der Waals surface area contributed by atoms with Crippen LogP contribution in [0.1, 0.15) is 16.2 Å². The molecule has 0 radical (unpaired) electrons. The second-order valence-electron chi connectivity index (χ2n) is 3.12. The van der Waals surface area contributed by atoms with Crippen LogP contribution in [0.2, 0.25) is 0 Å². The molecule has 2 heterocycles. The number of H-pyrrole nitrogens is 1. The Morgan fingerprint density at radius 2 is 2.35 bits per heavy atom. The molecule has 2 aromatic heterocycles. The Balaban J connectivity index is 2.35. The number of halogens is 1. The van der Waals surface area contributed by atoms with E-state index in [0.29, 0.717) is 20.5 Å². The topological polar surface area (TPSA) is 91.8 Å². The number of aromatic nitrogens is 4. The molecular weight excluding hydrogens is 308 g/mol. The number of carboxylic acid groups (broad SMARTS) is 1. The van der Waals surface area contributed by atoms with Crippen molar-refractivity contribution in [1.82, 2.24) is 20.2 Å². The van der Waals surface area contributed by atoms with Gasteiger partial charge in [0.1, 0.15) is 10.9 Å². The molecule has 0 aliphatic carbocycles. The van der Waals surface area contributed by atoms with Crippen molar-refractivity contribution in [1.29, 1.82) is 0 Å². The van der Waals surface area contributed by atoms with Crippen LogP contribution in [0.5, 0.6) is 0 Å². The van der Waals surface area contributed by atoms with Gasteiger partial charge in [-0.15, -0.1) is 5.10 Å². The third kappa shape index (κ3) is 2.83. The lowest BCUT2D eigenvalue weighted by atomic mass is 10.3. The van der Waals surface area contributed by atoms with E-state index < -0.39 is 5.97 Å². The predicted molar refractivity (Wildman–Crippen MR) is 64.1 cm³/mol. The Hall–Kier alpha value is -1.41. The molecule has 0 unspecified atom stereocenters. The van der Waals surface area contributed by atoms with Crippen LogP contribution >= 0.6 is 27.7 Å². The lowest BCUT2D eigenvalue weighted by Crippen LogP contribution is -2.01. The van der Waals surface area contributed by atoms with Crippen molar-refractivity contribution in [3.05, 3.63) is 28.1 Å². The summed E-state index contributed by atoms with van der Waals surface area (Å²) in [5, 5.41) is 16.5. The summed E-state index contributed by atoms with van der Waals surface area (Å²) >= 11 is 4.29. The van der Waals surface area contributed by atoms with Gasteiger partial charge in [0.15, 0.2) is 0 Å². The summed E-state index contributed by atoms with van der Waals surface area (Å²) in [6.45, 7) is 1.77. The van der Waals surface area contributed by atoms with Gasteiger partial charge in [0, 0.05) is 10.7 Å². The number of nitrogens with one attached hydrogen (secondary N) is 1. The van der Waals surface area contributed by atoms with Crippen molar-refractivity contribution < 1.29 is 9.90 Å². The minimum Gasteiger partial charge on any atom is -0.478 e. The fourth-order valence-corrected chi connectivity index (χ4v) is 2.26. The number of aromatic amines is 1. The monoisotopic (exact) mass is 314 g/mol. The summed E-state index contributed by atoms with van der Waals surface area (Å²) in [7, 11) is 0. The standard InChI is InChI=1S/C9H7BrN4O2S/c1-4-12-9(14-13-4)17-7-6(8(15)16)2-5(10)3-11-7/h2-3H,1H3,(H,15,16)(H,12,13,14). The summed E-state index contributed by atoms with van der Waals surface area (Å²) < 4.78 is 0.616. The number of aromatic carboxylic acids is 1. The van der Waals surface area contributed by atoms with Gasteiger partial charge in [-0.05, 0) is 40.7 Å². The van der Waals surface area contributed by atoms with E-state index in [1.807, 2.05) is 0 Å². The number of hydrogen-bond donors (Lipinski definition) is 2. The second-order valence-corrected chi connectivity index (χ2v) is 4.99. The fraction of sp³-hybridized carbons (Fsp3) is 0.111. The molecule has 0 atom stereocenters. The van der Waals surface area contributed by atoms with E-state index in [-0.39, 0.29) is 5.56 Å². The number of nitrogens with zero attached hydrogens (tertiary/aromatic N) is 3. The molecule has 0 saturated heterocycles. The minimum absolute atomic E-state index is 0.117. The highest BCUT2D eigenvalue weighted by molar-refractivity contribution is 9.10. The molecule has 0 aliphatic heterocycles. The number of aryl methyl sites for hydroxylation is 1. The predicted octanol–water partition coefficient (Wildman–Crippen LogP) is 2.12. The Bertz CT molecular complexity index is 572. The van der Waals surface area contributed by atoms with Gasteiger partial charge in [0.2, 0.25) is 5.16 Å². The molecule has 8 heteroatoms. The van der Waals surface area contributed by atoms with Crippen molar-refractivity contribution in [2.75, 3.05) is 0 Å². The third-order valence-electron chi connectivity index (χ3n) is 1.81. The summed E-state index contributed by atoms with van der Waals surface area (Å²) in [4.78, 5) is 19.2. The molecule has 0 saturated carbocycles. The highest BCUT2D eigenvalue weighted by atomic mass is 79.9. The van der Waals surface area contributed by atoms with Gasteiger partial charge in [0.05, 0.1) is 5.56 Å². The van der Waals surface area contributed by atoms with Crippen molar-refractivity contribution in [2.45, 2.75) is 17.1 Å². The molecule has 0 aromatic carbocycles. The van der Waals surface area contributed by atoms with Crippen LogP contribution in [0.15, 0.2) is 26.9 Å². The van der Waals surface area contributed by atoms with Crippen molar-refractivity contribution in [2.24, 2.45) is 0 Å². The maximum atomic E-state index is 11.0. The van der Waals surface area contributed by atoms with Crippen molar-refractivity contribution in [3.8, 4) is 0 Å². The highest BCUT2D eigenvalue weighted by Gasteiger charge is 2.15. The van der Waals surface area contributed by atoms with Crippen LogP contribution in [-0.4, -0.2) is 31.2 Å². The van der Waals surface area contributed by atoms with E-state index in [4.69, 9.17) is 5.11 Å². The van der Waals surface area contributed by atoms with E-state index in [1.165, 1.54) is 12.3 Å². The van der Waals surface area contributed by atoms with Gasteiger partial charge in [0.25, 0.3) is 0 Å². The zero-order valence-corrected chi connectivity index (χ0v) is 11.0. The normalized spacial score (nSPS) is 10.5. The van der Waals surface area contributed by atoms with Crippen LogP contribution in [0.3, 0.4) is 0 Å². The van der Waals surface area contributed by atoms with E-state index in [9.17, 15) is 4.79 Å². The van der Waals surface area contributed by atoms with Crippen LogP contribution in [-0.2, 0) is 0 Å². The maximum absolute atomic E-state index is 11.0. The number of carbonyl (C=O) groups is 1. The molecule has 0 bridgehead atoms. The van der Waals surface area contributed by atoms with Gasteiger partial charge >= 0.3 is 5.97 Å². The Kier molecular flexibility index (Phi) is 3.43. The summed E-state index contributed by atoms with van der Waals surface area (Å²) in [5.41, 5.74) is 0.117. The molecule has 0 spiro atoms. The van der Waals surface area contributed by atoms with E-state index >= 15 is 0 Å². The first-order chi connectivity index (χ1) is 8.06. The first-order valence-electron chi connectivity index (χ1n) is 4.52. The highest BCUT2D eigenvalue weighted by Crippen LogP contribution is 2.27. The molecule has 17 heavy (non-hydrogen) atoms. The average Bonchev–Trinajstić information content (AvgIpc) is 2.66. The van der Waals surface area contributed by atoms with Crippen LogP contribution in [0.25, 0.3) is 0 Å². The van der Waals surface area contributed by atoms with Gasteiger partial charge in [-0.25, -0.2) is 14.8 Å². The molecule has 88 valence electrons. The number of pyridine rings is 1. The lowest BCUT2D eigenvalue weighted by Gasteiger charge is -2.02. The molecule has 2 aromatic rings. The zero-order chi connectivity index (χ0) is 12.4. The first kappa shape index (κ1) is 12.1. The molecule has 0 aliphatic rings. The minimum atomic E-state index is -1.03. The largest absolute Gasteiger partial charge is 0.478 e. The fourth-order valence-electron chi connectivity index (χ4n) is 1.12. The SMILES string of the molecule is Cc1nc(Sc2ncc(Br)cc2C(=O)O)n[nH]1. The third-order valence-corrected chi connectivity index (χ3v) is 3.13. The molecular formula is C9H7BrN4O2S. The van der Waals surface area contributed by atoms with Crippen molar-refractivity contribution in [3.63, 3.8) is 0 Å². The number of carboxylic acids is 1. The Labute approximate surface area is 109 Å². The van der Waals surface area contributed by atoms with Crippen LogP contribution in [0.4, 0.5) is 0 Å². The van der Waals surface area contributed by atoms with E-state index in [0.717, 1.165) is 11.8 Å². The van der Waals surface area contributed by atoms with Gasteiger partial charge < -0.3 is 5.11 Å². The molecule has 2 rings (SSSR count). The average molecular weight is 315 g/mol. The first-order valence-corrected chi connectivity index (χ1v) is 6.13. The van der Waals surface area contributed by atoms with Crippen molar-refractivity contribution >= 4 is 33.7 Å².